The van der Waals surface area contributed by atoms with E-state index in [0.29, 0.717) is 24.2 Å². The van der Waals surface area contributed by atoms with Crippen LogP contribution in [0.2, 0.25) is 0 Å². The molecule has 24 heavy (non-hydrogen) atoms. The van der Waals surface area contributed by atoms with Crippen molar-refractivity contribution in [1.29, 1.82) is 0 Å². The van der Waals surface area contributed by atoms with Crippen LogP contribution in [-0.2, 0) is 10.0 Å². The Morgan fingerprint density at radius 2 is 1.79 bits per heavy atom. The van der Waals surface area contributed by atoms with E-state index in [-0.39, 0.29) is 10.8 Å². The molecule has 2 aromatic rings. The minimum atomic E-state index is -3.59. The van der Waals surface area contributed by atoms with Gasteiger partial charge in [0.15, 0.2) is 0 Å². The van der Waals surface area contributed by atoms with Crippen LogP contribution in [0, 0.1) is 13.8 Å². The van der Waals surface area contributed by atoms with E-state index in [4.69, 9.17) is 0 Å². The van der Waals surface area contributed by atoms with Crippen LogP contribution in [0.4, 0.5) is 5.69 Å². The highest BCUT2D eigenvalue weighted by Gasteiger charge is 2.15. The maximum absolute atomic E-state index is 12.4. The summed E-state index contributed by atoms with van der Waals surface area (Å²) in [7, 11) is -3.59. The monoisotopic (exact) mass is 346 g/mol. The van der Waals surface area contributed by atoms with Gasteiger partial charge in [-0.3, -0.25) is 4.79 Å². The van der Waals surface area contributed by atoms with E-state index in [0.717, 1.165) is 11.1 Å². The smallest absolute Gasteiger partial charge is 0.255 e. The number of carbonyl (C=O) groups excluding carboxylic acids is 1. The fraction of sp³-hybridized carbons (Fsp3) is 0.278. The number of hydrogen-bond acceptors (Lipinski definition) is 3. The molecule has 0 saturated carbocycles. The highest BCUT2D eigenvalue weighted by Crippen LogP contribution is 2.17. The molecule has 0 aromatic heterocycles. The summed E-state index contributed by atoms with van der Waals surface area (Å²) in [6.07, 6.45) is 0.701. The molecule has 2 aromatic carbocycles. The molecule has 2 rings (SSSR count). The number of sulfonamides is 1. The molecule has 1 amide bonds. The zero-order valence-electron chi connectivity index (χ0n) is 14.1. The maximum Gasteiger partial charge on any atom is 0.255 e. The van der Waals surface area contributed by atoms with Crippen LogP contribution in [0.3, 0.4) is 0 Å². The lowest BCUT2D eigenvalue weighted by molar-refractivity contribution is 0.102. The van der Waals surface area contributed by atoms with Gasteiger partial charge in [0.1, 0.15) is 0 Å². The van der Waals surface area contributed by atoms with Crippen LogP contribution < -0.4 is 10.0 Å². The summed E-state index contributed by atoms with van der Waals surface area (Å²) in [5, 5.41) is 2.79. The van der Waals surface area contributed by atoms with Crippen LogP contribution in [-0.4, -0.2) is 20.9 Å². The summed E-state index contributed by atoms with van der Waals surface area (Å²) in [6, 6.07) is 11.7. The van der Waals surface area contributed by atoms with E-state index in [9.17, 15) is 13.2 Å². The Morgan fingerprint density at radius 3 is 2.46 bits per heavy atom. The Hall–Kier alpha value is -2.18. The van der Waals surface area contributed by atoms with Crippen molar-refractivity contribution in [2.45, 2.75) is 32.1 Å². The highest BCUT2D eigenvalue weighted by atomic mass is 32.2. The van der Waals surface area contributed by atoms with E-state index in [1.54, 1.807) is 12.1 Å². The molecule has 0 saturated heterocycles. The largest absolute Gasteiger partial charge is 0.322 e. The van der Waals surface area contributed by atoms with Gasteiger partial charge in [0.2, 0.25) is 10.0 Å². The van der Waals surface area contributed by atoms with E-state index in [1.807, 2.05) is 39.0 Å². The van der Waals surface area contributed by atoms with E-state index >= 15 is 0 Å². The number of carbonyl (C=O) groups is 1. The molecule has 0 aliphatic rings. The molecule has 0 spiro atoms. The Labute approximate surface area is 143 Å². The van der Waals surface area contributed by atoms with E-state index < -0.39 is 10.0 Å². The number of hydrogen-bond donors (Lipinski definition) is 2. The van der Waals surface area contributed by atoms with E-state index in [2.05, 4.69) is 10.0 Å². The standard InChI is InChI=1S/C18H22N2O3S/c1-4-10-19-24(22,23)17-7-5-6-15(12-17)18(21)20-16-9-8-13(2)14(3)11-16/h5-9,11-12,19H,4,10H2,1-3H3,(H,20,21). The van der Waals surface area contributed by atoms with Gasteiger partial charge in [-0.05, 0) is 61.7 Å². The molecule has 6 heteroatoms. The van der Waals surface area contributed by atoms with Crippen LogP contribution in [0.5, 0.6) is 0 Å². The first-order valence-corrected chi connectivity index (χ1v) is 9.30. The Bertz CT molecular complexity index is 845. The number of anilines is 1. The predicted molar refractivity (Wildman–Crippen MR) is 95.8 cm³/mol. The second-order valence-corrected chi connectivity index (χ2v) is 7.45. The Kier molecular flexibility index (Phi) is 5.75. The maximum atomic E-state index is 12.4. The second kappa shape index (κ2) is 7.59. The summed E-state index contributed by atoms with van der Waals surface area (Å²) >= 11 is 0. The van der Waals surface area contributed by atoms with E-state index in [1.165, 1.54) is 12.1 Å². The first-order chi connectivity index (χ1) is 11.3. The lowest BCUT2D eigenvalue weighted by atomic mass is 10.1. The van der Waals surface area contributed by atoms with Crippen LogP contribution in [0.15, 0.2) is 47.4 Å². The SMILES string of the molecule is CCCNS(=O)(=O)c1cccc(C(=O)Nc2ccc(C)c(C)c2)c1. The first kappa shape index (κ1) is 18.2. The molecule has 0 fully saturated rings. The number of amides is 1. The molecule has 5 nitrogen and oxygen atoms in total. The van der Waals surface area contributed by atoms with Crippen molar-refractivity contribution in [2.24, 2.45) is 0 Å². The average Bonchev–Trinajstić information content (AvgIpc) is 2.56. The average molecular weight is 346 g/mol. The van der Waals surface area contributed by atoms with Crippen molar-refractivity contribution >= 4 is 21.6 Å². The van der Waals surface area contributed by atoms with Crippen LogP contribution in [0.1, 0.15) is 34.8 Å². The van der Waals surface area contributed by atoms with Crippen molar-refractivity contribution < 1.29 is 13.2 Å². The summed E-state index contributed by atoms with van der Waals surface area (Å²) in [5.41, 5.74) is 3.20. The molecule has 128 valence electrons. The number of benzene rings is 2. The topological polar surface area (TPSA) is 75.3 Å². The molecule has 2 N–H and O–H groups in total. The fourth-order valence-corrected chi connectivity index (χ4v) is 3.33. The third kappa shape index (κ3) is 4.43. The lowest BCUT2D eigenvalue weighted by Crippen LogP contribution is -2.24. The second-order valence-electron chi connectivity index (χ2n) is 5.68. The summed E-state index contributed by atoms with van der Waals surface area (Å²) < 4.78 is 26.8. The molecule has 0 aliphatic heterocycles. The van der Waals surface area contributed by atoms with Gasteiger partial charge in [-0.25, -0.2) is 13.1 Å². The van der Waals surface area contributed by atoms with Gasteiger partial charge in [-0.15, -0.1) is 0 Å². The lowest BCUT2D eigenvalue weighted by Gasteiger charge is -2.10. The van der Waals surface area contributed by atoms with Crippen molar-refractivity contribution in [2.75, 3.05) is 11.9 Å². The molecule has 0 unspecified atom stereocenters. The molecule has 0 bridgehead atoms. The molecular weight excluding hydrogens is 324 g/mol. The Morgan fingerprint density at radius 1 is 1.04 bits per heavy atom. The normalized spacial score (nSPS) is 11.3. The molecule has 0 radical (unpaired) electrons. The summed E-state index contributed by atoms with van der Waals surface area (Å²) in [4.78, 5) is 12.5. The number of nitrogens with one attached hydrogen (secondary N) is 2. The van der Waals surface area contributed by atoms with Crippen LogP contribution >= 0.6 is 0 Å². The molecule has 0 aliphatic carbocycles. The summed E-state index contributed by atoms with van der Waals surface area (Å²) in [5.74, 6) is -0.342. The van der Waals surface area contributed by atoms with Gasteiger partial charge in [0.25, 0.3) is 5.91 Å². The third-order valence-corrected chi connectivity index (χ3v) is 5.17. The van der Waals surface area contributed by atoms with Gasteiger partial charge < -0.3 is 5.32 Å². The minimum Gasteiger partial charge on any atom is -0.322 e. The van der Waals surface area contributed by atoms with Crippen molar-refractivity contribution in [1.82, 2.24) is 4.72 Å². The van der Waals surface area contributed by atoms with Gasteiger partial charge >= 0.3 is 0 Å². The third-order valence-electron chi connectivity index (χ3n) is 3.71. The van der Waals surface area contributed by atoms with Gasteiger partial charge in [0, 0.05) is 17.8 Å². The van der Waals surface area contributed by atoms with Crippen molar-refractivity contribution in [3.63, 3.8) is 0 Å². The van der Waals surface area contributed by atoms with Gasteiger partial charge in [-0.2, -0.15) is 0 Å². The van der Waals surface area contributed by atoms with Crippen LogP contribution in [0.25, 0.3) is 0 Å². The number of aryl methyl sites for hydroxylation is 2. The minimum absolute atomic E-state index is 0.0867. The quantitative estimate of drug-likeness (QED) is 0.843. The van der Waals surface area contributed by atoms with Crippen molar-refractivity contribution in [3.05, 3.63) is 59.2 Å². The van der Waals surface area contributed by atoms with Gasteiger partial charge in [-0.1, -0.05) is 19.1 Å². The Balaban J connectivity index is 2.21. The predicted octanol–water partition coefficient (Wildman–Crippen LogP) is 3.24. The zero-order chi connectivity index (χ0) is 17.7. The fourth-order valence-electron chi connectivity index (χ4n) is 2.15. The molecular formula is C18H22N2O3S. The zero-order valence-corrected chi connectivity index (χ0v) is 14.9. The highest BCUT2D eigenvalue weighted by molar-refractivity contribution is 7.89. The van der Waals surface area contributed by atoms with Crippen molar-refractivity contribution in [3.8, 4) is 0 Å². The first-order valence-electron chi connectivity index (χ1n) is 7.82. The number of rotatable bonds is 6. The molecule has 0 atom stereocenters. The molecule has 0 heterocycles. The summed E-state index contributed by atoms with van der Waals surface area (Å²) in [6.45, 7) is 6.22. The van der Waals surface area contributed by atoms with Gasteiger partial charge in [0.05, 0.1) is 4.90 Å².